The first-order valence-corrected chi connectivity index (χ1v) is 6.40. The number of hydrogen-bond acceptors (Lipinski definition) is 4. The lowest BCUT2D eigenvalue weighted by atomic mass is 10.1. The molecule has 0 aliphatic heterocycles. The molecule has 0 bridgehead atoms. The third-order valence-electron chi connectivity index (χ3n) is 3.03. The normalized spacial score (nSPS) is 10.8. The summed E-state index contributed by atoms with van der Waals surface area (Å²) < 4.78 is 6.30. The van der Waals surface area contributed by atoms with Gasteiger partial charge >= 0.3 is 5.97 Å². The first-order valence-electron chi connectivity index (χ1n) is 6.02. The van der Waals surface area contributed by atoms with E-state index in [4.69, 9.17) is 16.3 Å². The highest BCUT2D eigenvalue weighted by molar-refractivity contribution is 6.33. The topological polar surface area (TPSA) is 76.7 Å². The number of methoxy groups -OCH3 is 1. The average molecular weight is 304 g/mol. The first-order chi connectivity index (χ1) is 10.1. The Morgan fingerprint density at radius 1 is 1.33 bits per heavy atom. The van der Waals surface area contributed by atoms with E-state index in [1.807, 2.05) is 0 Å². The van der Waals surface area contributed by atoms with Crippen molar-refractivity contribution in [2.45, 2.75) is 0 Å². The lowest BCUT2D eigenvalue weighted by Gasteiger charge is -2.06. The van der Waals surface area contributed by atoms with Crippen molar-refractivity contribution in [2.24, 2.45) is 0 Å². The van der Waals surface area contributed by atoms with Crippen LogP contribution in [0.15, 0.2) is 36.5 Å². The highest BCUT2D eigenvalue weighted by Gasteiger charge is 2.16. The molecular formula is C14H10ClN3O3. The third kappa shape index (κ3) is 2.30. The molecule has 2 heterocycles. The fourth-order valence-corrected chi connectivity index (χ4v) is 2.16. The molecule has 0 saturated carbocycles. The summed E-state index contributed by atoms with van der Waals surface area (Å²) >= 11 is 6.00. The van der Waals surface area contributed by atoms with E-state index in [1.54, 1.807) is 31.4 Å². The summed E-state index contributed by atoms with van der Waals surface area (Å²) in [5.74, 6) is -0.391. The summed E-state index contributed by atoms with van der Waals surface area (Å²) in [6, 6.07) is 8.61. The van der Waals surface area contributed by atoms with Gasteiger partial charge in [0.05, 0.1) is 19.0 Å². The van der Waals surface area contributed by atoms with E-state index in [0.29, 0.717) is 22.1 Å². The quantitative estimate of drug-likeness (QED) is 0.805. The van der Waals surface area contributed by atoms with Crippen LogP contribution in [0.25, 0.3) is 16.9 Å². The summed E-state index contributed by atoms with van der Waals surface area (Å²) in [4.78, 5) is 15.7. The zero-order chi connectivity index (χ0) is 15.0. The Kier molecular flexibility index (Phi) is 3.23. The second-order valence-electron chi connectivity index (χ2n) is 4.29. The number of fused-ring (bicyclic) bond motifs is 1. The zero-order valence-corrected chi connectivity index (χ0v) is 11.7. The highest BCUT2D eigenvalue weighted by Crippen LogP contribution is 2.25. The van der Waals surface area contributed by atoms with Gasteiger partial charge < -0.3 is 9.84 Å². The number of aromatic nitrogens is 3. The summed E-state index contributed by atoms with van der Waals surface area (Å²) in [5, 5.41) is 13.5. The molecule has 0 aliphatic carbocycles. The van der Waals surface area contributed by atoms with Gasteiger partial charge in [-0.05, 0) is 30.3 Å². The van der Waals surface area contributed by atoms with E-state index in [-0.39, 0.29) is 5.69 Å². The van der Waals surface area contributed by atoms with Crippen LogP contribution in [-0.2, 0) is 0 Å². The van der Waals surface area contributed by atoms with Crippen molar-refractivity contribution >= 4 is 23.2 Å². The Hall–Kier alpha value is -2.60. The molecule has 1 aromatic carbocycles. The van der Waals surface area contributed by atoms with Gasteiger partial charge in [-0.15, -0.1) is 0 Å². The number of rotatable bonds is 3. The van der Waals surface area contributed by atoms with Gasteiger partial charge in [0.2, 0.25) is 0 Å². The molecule has 6 nitrogen and oxygen atoms in total. The van der Waals surface area contributed by atoms with E-state index >= 15 is 0 Å². The molecule has 0 spiro atoms. The monoisotopic (exact) mass is 303 g/mol. The minimum Gasteiger partial charge on any atom is -0.497 e. The van der Waals surface area contributed by atoms with Crippen LogP contribution in [0.5, 0.6) is 5.75 Å². The van der Waals surface area contributed by atoms with E-state index in [1.165, 1.54) is 16.8 Å². The number of nitrogens with zero attached hydrogens (tertiary/aromatic N) is 3. The van der Waals surface area contributed by atoms with Crippen LogP contribution in [0.1, 0.15) is 10.5 Å². The minimum absolute atomic E-state index is 0.00211. The molecule has 0 unspecified atom stereocenters. The molecule has 3 rings (SSSR count). The maximum absolute atomic E-state index is 11.4. The standard InChI is InChI=1S/C14H10ClN3O3/c1-21-9-4-2-8(3-5-9)11-6-12(14(19)20)18-13(17-11)10(15)7-16-18/h2-7H,1H3,(H,19,20). The van der Waals surface area contributed by atoms with E-state index in [2.05, 4.69) is 10.1 Å². The Labute approximate surface area is 124 Å². The zero-order valence-electron chi connectivity index (χ0n) is 10.9. The smallest absolute Gasteiger partial charge is 0.354 e. The van der Waals surface area contributed by atoms with Gasteiger partial charge in [-0.25, -0.2) is 14.3 Å². The van der Waals surface area contributed by atoms with Crippen LogP contribution in [-0.4, -0.2) is 32.8 Å². The molecule has 0 atom stereocenters. The molecule has 3 aromatic rings. The fraction of sp³-hybridized carbons (Fsp3) is 0.0714. The van der Waals surface area contributed by atoms with Crippen LogP contribution in [0.2, 0.25) is 5.02 Å². The van der Waals surface area contributed by atoms with Crippen molar-refractivity contribution in [3.05, 3.63) is 47.2 Å². The summed E-state index contributed by atoms with van der Waals surface area (Å²) in [6.45, 7) is 0. The summed E-state index contributed by atoms with van der Waals surface area (Å²) in [5.41, 5.74) is 1.57. The second kappa shape index (κ2) is 5.06. The number of carboxylic acid groups (broad SMARTS) is 1. The molecule has 21 heavy (non-hydrogen) atoms. The number of carbonyl (C=O) groups is 1. The van der Waals surface area contributed by atoms with E-state index < -0.39 is 5.97 Å². The number of aromatic carboxylic acids is 1. The second-order valence-corrected chi connectivity index (χ2v) is 4.70. The molecule has 0 saturated heterocycles. The van der Waals surface area contributed by atoms with E-state index in [0.717, 1.165) is 5.56 Å². The molecular weight excluding hydrogens is 294 g/mol. The minimum atomic E-state index is -1.10. The van der Waals surface area contributed by atoms with Gasteiger partial charge in [-0.1, -0.05) is 11.6 Å². The molecule has 1 N–H and O–H groups in total. The first kappa shape index (κ1) is 13.4. The van der Waals surface area contributed by atoms with Crippen LogP contribution in [0.4, 0.5) is 0 Å². The highest BCUT2D eigenvalue weighted by atomic mass is 35.5. The number of benzene rings is 1. The summed E-state index contributed by atoms with van der Waals surface area (Å²) in [7, 11) is 1.58. The average Bonchev–Trinajstić information content (AvgIpc) is 2.88. The number of hydrogen-bond donors (Lipinski definition) is 1. The number of halogens is 1. The van der Waals surface area contributed by atoms with Gasteiger partial charge in [-0.3, -0.25) is 0 Å². The number of ether oxygens (including phenoxy) is 1. The van der Waals surface area contributed by atoms with Gasteiger partial charge in [0, 0.05) is 5.56 Å². The van der Waals surface area contributed by atoms with Crippen molar-refractivity contribution in [1.29, 1.82) is 0 Å². The van der Waals surface area contributed by atoms with Crippen molar-refractivity contribution < 1.29 is 14.6 Å². The van der Waals surface area contributed by atoms with Gasteiger partial charge in [0.25, 0.3) is 0 Å². The Balaban J connectivity index is 2.22. The maximum atomic E-state index is 11.4. The molecule has 106 valence electrons. The Morgan fingerprint density at radius 2 is 2.05 bits per heavy atom. The largest absolute Gasteiger partial charge is 0.497 e. The lowest BCUT2D eigenvalue weighted by Crippen LogP contribution is -2.08. The molecule has 2 aromatic heterocycles. The Bertz CT molecular complexity index is 827. The molecule has 0 fully saturated rings. The van der Waals surface area contributed by atoms with Crippen LogP contribution >= 0.6 is 11.6 Å². The van der Waals surface area contributed by atoms with Crippen LogP contribution in [0, 0.1) is 0 Å². The number of carboxylic acids is 1. The molecule has 0 radical (unpaired) electrons. The molecule has 0 amide bonds. The van der Waals surface area contributed by atoms with Gasteiger partial charge in [0.1, 0.15) is 10.8 Å². The molecule has 7 heteroatoms. The van der Waals surface area contributed by atoms with Crippen LogP contribution < -0.4 is 4.74 Å². The maximum Gasteiger partial charge on any atom is 0.354 e. The molecule has 0 aliphatic rings. The van der Waals surface area contributed by atoms with Crippen molar-refractivity contribution in [3.63, 3.8) is 0 Å². The lowest BCUT2D eigenvalue weighted by molar-refractivity contribution is 0.0687. The van der Waals surface area contributed by atoms with E-state index in [9.17, 15) is 9.90 Å². The van der Waals surface area contributed by atoms with Crippen molar-refractivity contribution in [3.8, 4) is 17.0 Å². The third-order valence-corrected chi connectivity index (χ3v) is 3.30. The fourth-order valence-electron chi connectivity index (χ4n) is 2.00. The van der Waals surface area contributed by atoms with Gasteiger partial charge in [0.15, 0.2) is 11.3 Å². The van der Waals surface area contributed by atoms with Crippen LogP contribution in [0.3, 0.4) is 0 Å². The Morgan fingerprint density at radius 3 is 2.67 bits per heavy atom. The summed E-state index contributed by atoms with van der Waals surface area (Å²) in [6.07, 6.45) is 1.37. The predicted molar refractivity (Wildman–Crippen MR) is 76.9 cm³/mol. The predicted octanol–water partition coefficient (Wildman–Crippen LogP) is 2.76. The SMILES string of the molecule is COc1ccc(-c2cc(C(=O)O)n3ncc(Cl)c3n2)cc1. The van der Waals surface area contributed by atoms with Crippen molar-refractivity contribution in [2.75, 3.05) is 7.11 Å². The van der Waals surface area contributed by atoms with Crippen molar-refractivity contribution in [1.82, 2.24) is 14.6 Å². The van der Waals surface area contributed by atoms with Gasteiger partial charge in [-0.2, -0.15) is 5.10 Å².